The number of hydrogen-bond acceptors (Lipinski definition) is 1. The lowest BCUT2D eigenvalue weighted by molar-refractivity contribution is 0.317. The van der Waals surface area contributed by atoms with Crippen LogP contribution >= 0.6 is 0 Å². The molecule has 2 rings (SSSR count). The van der Waals surface area contributed by atoms with Crippen molar-refractivity contribution in [1.82, 2.24) is 0 Å². The van der Waals surface area contributed by atoms with Gasteiger partial charge in [-0.15, -0.1) is 6.58 Å². The first-order chi connectivity index (χ1) is 6.12. The van der Waals surface area contributed by atoms with Crippen LogP contribution in [0.5, 0.6) is 0 Å². The summed E-state index contributed by atoms with van der Waals surface area (Å²) in [5.41, 5.74) is 6.00. The zero-order chi connectivity index (χ0) is 9.47. The maximum Gasteiger partial charge on any atom is 0.0310 e. The monoisotopic (exact) mass is 179 g/mol. The Kier molecular flexibility index (Phi) is 2.23. The average molecular weight is 179 g/mol. The number of rotatable bonds is 5. The maximum absolute atomic E-state index is 6.13. The Balaban J connectivity index is 1.91. The smallest absolute Gasteiger partial charge is 0.0310 e. The Hall–Kier alpha value is -0.300. The van der Waals surface area contributed by atoms with Gasteiger partial charge in [0.2, 0.25) is 0 Å². The van der Waals surface area contributed by atoms with Crippen molar-refractivity contribution < 1.29 is 0 Å². The molecule has 0 heterocycles. The van der Waals surface area contributed by atoms with Crippen LogP contribution < -0.4 is 5.73 Å². The van der Waals surface area contributed by atoms with Gasteiger partial charge in [0.05, 0.1) is 0 Å². The fraction of sp³-hybridized carbons (Fsp3) is 0.833. The predicted molar refractivity (Wildman–Crippen MR) is 56.3 cm³/mol. The third kappa shape index (κ3) is 2.34. The molecule has 0 saturated heterocycles. The molecule has 1 atom stereocenters. The molecule has 2 N–H and O–H groups in total. The van der Waals surface area contributed by atoms with E-state index < -0.39 is 0 Å². The lowest BCUT2D eigenvalue weighted by Gasteiger charge is -2.26. The molecule has 0 aromatic carbocycles. The van der Waals surface area contributed by atoms with E-state index in [1.54, 1.807) is 0 Å². The standard InChI is InChI=1S/C12H21N/c1-3-12(2,13)8-11(9-4-5-9)10-6-7-10/h3,9-11H,1,4-8,13H2,2H3. The van der Waals surface area contributed by atoms with E-state index in [1.807, 2.05) is 6.08 Å². The predicted octanol–water partition coefficient (Wildman–Crippen LogP) is 2.72. The highest BCUT2D eigenvalue weighted by Crippen LogP contribution is 2.51. The summed E-state index contributed by atoms with van der Waals surface area (Å²) in [6, 6.07) is 0. The summed E-state index contributed by atoms with van der Waals surface area (Å²) < 4.78 is 0. The van der Waals surface area contributed by atoms with E-state index in [9.17, 15) is 0 Å². The van der Waals surface area contributed by atoms with Gasteiger partial charge in [-0.25, -0.2) is 0 Å². The SMILES string of the molecule is C=CC(C)(N)CC(C1CC1)C1CC1. The lowest BCUT2D eigenvalue weighted by atomic mass is 9.84. The van der Waals surface area contributed by atoms with Crippen molar-refractivity contribution in [2.75, 3.05) is 0 Å². The van der Waals surface area contributed by atoms with Gasteiger partial charge in [-0.1, -0.05) is 6.08 Å². The van der Waals surface area contributed by atoms with E-state index in [0.717, 1.165) is 24.2 Å². The summed E-state index contributed by atoms with van der Waals surface area (Å²) in [5, 5.41) is 0. The molecule has 2 saturated carbocycles. The molecule has 2 aliphatic carbocycles. The van der Waals surface area contributed by atoms with Gasteiger partial charge >= 0.3 is 0 Å². The Bertz CT molecular complexity index is 187. The maximum atomic E-state index is 6.13. The fourth-order valence-corrected chi connectivity index (χ4v) is 2.36. The summed E-state index contributed by atoms with van der Waals surface area (Å²) in [5.74, 6) is 2.93. The molecule has 0 aliphatic heterocycles. The molecule has 1 nitrogen and oxygen atoms in total. The van der Waals surface area contributed by atoms with Crippen LogP contribution in [0.15, 0.2) is 12.7 Å². The minimum atomic E-state index is -0.129. The Labute approximate surface area is 81.4 Å². The van der Waals surface area contributed by atoms with Crippen LogP contribution in [0.2, 0.25) is 0 Å². The van der Waals surface area contributed by atoms with Gasteiger partial charge in [0.15, 0.2) is 0 Å². The highest BCUT2D eigenvalue weighted by Gasteiger charge is 2.43. The van der Waals surface area contributed by atoms with Crippen molar-refractivity contribution in [3.63, 3.8) is 0 Å². The molecular formula is C12H21N. The molecule has 0 amide bonds. The summed E-state index contributed by atoms with van der Waals surface area (Å²) in [7, 11) is 0. The fourth-order valence-electron chi connectivity index (χ4n) is 2.36. The topological polar surface area (TPSA) is 26.0 Å². The molecule has 0 aromatic heterocycles. The van der Waals surface area contributed by atoms with E-state index in [-0.39, 0.29) is 5.54 Å². The highest BCUT2D eigenvalue weighted by molar-refractivity contribution is 5.02. The number of nitrogens with two attached hydrogens (primary N) is 1. The molecule has 1 unspecified atom stereocenters. The second kappa shape index (κ2) is 3.13. The van der Waals surface area contributed by atoms with Crippen LogP contribution in [0, 0.1) is 17.8 Å². The molecule has 0 bridgehead atoms. The summed E-state index contributed by atoms with van der Waals surface area (Å²) in [4.78, 5) is 0. The van der Waals surface area contributed by atoms with Crippen LogP contribution in [0.3, 0.4) is 0 Å². The summed E-state index contributed by atoms with van der Waals surface area (Å²) in [6.07, 6.45) is 8.89. The zero-order valence-corrected chi connectivity index (χ0v) is 8.63. The number of hydrogen-bond donors (Lipinski definition) is 1. The van der Waals surface area contributed by atoms with Crippen molar-refractivity contribution in [2.45, 2.75) is 44.6 Å². The molecule has 74 valence electrons. The highest BCUT2D eigenvalue weighted by atomic mass is 14.7. The molecule has 0 spiro atoms. The van der Waals surface area contributed by atoms with Gasteiger partial charge in [0.1, 0.15) is 0 Å². The average Bonchev–Trinajstić information content (AvgIpc) is 2.91. The molecule has 0 radical (unpaired) electrons. The van der Waals surface area contributed by atoms with Crippen molar-refractivity contribution in [3.8, 4) is 0 Å². The van der Waals surface area contributed by atoms with Crippen LogP contribution in [-0.4, -0.2) is 5.54 Å². The Morgan fingerprint density at radius 3 is 2.15 bits per heavy atom. The molecule has 13 heavy (non-hydrogen) atoms. The minimum absolute atomic E-state index is 0.129. The minimum Gasteiger partial charge on any atom is -0.322 e. The van der Waals surface area contributed by atoms with Crippen molar-refractivity contribution in [2.24, 2.45) is 23.5 Å². The molecule has 2 aliphatic rings. The van der Waals surface area contributed by atoms with E-state index in [4.69, 9.17) is 5.73 Å². The summed E-state index contributed by atoms with van der Waals surface area (Å²) >= 11 is 0. The van der Waals surface area contributed by atoms with Crippen LogP contribution in [0.4, 0.5) is 0 Å². The van der Waals surface area contributed by atoms with Crippen LogP contribution in [-0.2, 0) is 0 Å². The zero-order valence-electron chi connectivity index (χ0n) is 8.63. The second-order valence-electron chi connectivity index (χ2n) is 5.25. The Morgan fingerprint density at radius 1 is 1.38 bits per heavy atom. The molecule has 1 heteroatoms. The van der Waals surface area contributed by atoms with Gasteiger partial charge in [-0.3, -0.25) is 0 Å². The van der Waals surface area contributed by atoms with Crippen molar-refractivity contribution in [3.05, 3.63) is 12.7 Å². The molecular weight excluding hydrogens is 158 g/mol. The van der Waals surface area contributed by atoms with E-state index in [0.29, 0.717) is 0 Å². The Morgan fingerprint density at radius 2 is 1.85 bits per heavy atom. The van der Waals surface area contributed by atoms with Gasteiger partial charge in [-0.2, -0.15) is 0 Å². The van der Waals surface area contributed by atoms with E-state index in [2.05, 4.69) is 13.5 Å². The third-order valence-corrected chi connectivity index (χ3v) is 3.60. The van der Waals surface area contributed by atoms with Gasteiger partial charge in [0.25, 0.3) is 0 Å². The van der Waals surface area contributed by atoms with Crippen LogP contribution in [0.25, 0.3) is 0 Å². The normalized spacial score (nSPS) is 27.3. The van der Waals surface area contributed by atoms with E-state index >= 15 is 0 Å². The second-order valence-corrected chi connectivity index (χ2v) is 5.25. The first-order valence-corrected chi connectivity index (χ1v) is 5.55. The largest absolute Gasteiger partial charge is 0.322 e. The first kappa shape index (κ1) is 9.26. The van der Waals surface area contributed by atoms with Gasteiger partial charge in [-0.05, 0) is 56.8 Å². The van der Waals surface area contributed by atoms with Gasteiger partial charge < -0.3 is 5.73 Å². The third-order valence-electron chi connectivity index (χ3n) is 3.60. The molecule has 0 aromatic rings. The van der Waals surface area contributed by atoms with Crippen molar-refractivity contribution >= 4 is 0 Å². The summed E-state index contributed by atoms with van der Waals surface area (Å²) in [6.45, 7) is 5.93. The van der Waals surface area contributed by atoms with Crippen molar-refractivity contribution in [1.29, 1.82) is 0 Å². The quantitative estimate of drug-likeness (QED) is 0.645. The molecule has 2 fully saturated rings. The lowest BCUT2D eigenvalue weighted by Crippen LogP contribution is -2.36. The van der Waals surface area contributed by atoms with Crippen LogP contribution in [0.1, 0.15) is 39.0 Å². The van der Waals surface area contributed by atoms with E-state index in [1.165, 1.54) is 25.7 Å². The first-order valence-electron chi connectivity index (χ1n) is 5.55. The van der Waals surface area contributed by atoms with Gasteiger partial charge in [0, 0.05) is 5.54 Å².